The fourth-order valence-corrected chi connectivity index (χ4v) is 8.80. The van der Waals surface area contributed by atoms with Gasteiger partial charge >= 0.3 is 17.9 Å². The molecule has 78 heavy (non-hydrogen) atoms. The van der Waals surface area contributed by atoms with E-state index in [0.29, 0.717) is 19.3 Å². The second-order valence-electron chi connectivity index (χ2n) is 21.3. The monoisotopic (exact) mass is 1080 g/mol. The summed E-state index contributed by atoms with van der Waals surface area (Å²) < 4.78 is 16.9. The first-order valence-corrected chi connectivity index (χ1v) is 32.5. The summed E-state index contributed by atoms with van der Waals surface area (Å²) in [7, 11) is 0. The SMILES string of the molecule is CC/C=C\C/C=C\C/C=C\C/C=C\C/C=C\C/C=C\C/C=C\CCCCCCCCCC(=O)OCC(COC(=O)CCCCCCC/C=C\CCCCCCCC)OC(=O)CCCCCCC/C=C\C/C=C\CCCCCC. The second-order valence-corrected chi connectivity index (χ2v) is 21.3. The Bertz CT molecular complexity index is 1620. The number of esters is 3. The van der Waals surface area contributed by atoms with Gasteiger partial charge in [0.15, 0.2) is 6.10 Å². The number of rotatable bonds is 58. The molecule has 0 aliphatic rings. The van der Waals surface area contributed by atoms with Crippen LogP contribution in [0.4, 0.5) is 0 Å². The molecule has 1 atom stereocenters. The van der Waals surface area contributed by atoms with Gasteiger partial charge in [0.05, 0.1) is 0 Å². The van der Waals surface area contributed by atoms with Crippen LogP contribution in [0.2, 0.25) is 0 Å². The van der Waals surface area contributed by atoms with Crippen molar-refractivity contribution < 1.29 is 28.6 Å². The second kappa shape index (κ2) is 65.3. The largest absolute Gasteiger partial charge is 0.462 e. The predicted molar refractivity (Wildman–Crippen MR) is 339 cm³/mol. The van der Waals surface area contributed by atoms with E-state index in [9.17, 15) is 14.4 Å². The first kappa shape index (κ1) is 73.8. The minimum Gasteiger partial charge on any atom is -0.462 e. The average Bonchev–Trinajstić information content (AvgIpc) is 3.44. The highest BCUT2D eigenvalue weighted by Crippen LogP contribution is 2.15. The average molecular weight is 1080 g/mol. The molecule has 0 radical (unpaired) electrons. The lowest BCUT2D eigenvalue weighted by molar-refractivity contribution is -0.167. The third kappa shape index (κ3) is 62.7. The lowest BCUT2D eigenvalue weighted by Crippen LogP contribution is -2.30. The Balaban J connectivity index is 4.37. The van der Waals surface area contributed by atoms with Crippen molar-refractivity contribution in [3.05, 3.63) is 122 Å². The van der Waals surface area contributed by atoms with Gasteiger partial charge < -0.3 is 14.2 Å². The highest BCUT2D eigenvalue weighted by molar-refractivity contribution is 5.71. The molecule has 0 spiro atoms. The van der Waals surface area contributed by atoms with Crippen molar-refractivity contribution in [2.75, 3.05) is 13.2 Å². The van der Waals surface area contributed by atoms with Crippen molar-refractivity contribution in [1.82, 2.24) is 0 Å². The fourth-order valence-electron chi connectivity index (χ4n) is 8.80. The number of carbonyl (C=O) groups is 3. The Labute approximate surface area is 482 Å². The van der Waals surface area contributed by atoms with Gasteiger partial charge in [0, 0.05) is 19.3 Å². The van der Waals surface area contributed by atoms with E-state index >= 15 is 0 Å². The van der Waals surface area contributed by atoms with E-state index < -0.39 is 6.10 Å². The van der Waals surface area contributed by atoms with E-state index in [0.717, 1.165) is 141 Å². The number of allylic oxidation sites excluding steroid dienone is 20. The van der Waals surface area contributed by atoms with Crippen LogP contribution in [0.15, 0.2) is 122 Å². The number of hydrogen-bond donors (Lipinski definition) is 0. The van der Waals surface area contributed by atoms with Crippen molar-refractivity contribution in [2.45, 2.75) is 303 Å². The summed E-state index contributed by atoms with van der Waals surface area (Å²) >= 11 is 0. The first-order valence-electron chi connectivity index (χ1n) is 32.5. The van der Waals surface area contributed by atoms with Gasteiger partial charge in [-0.25, -0.2) is 0 Å². The van der Waals surface area contributed by atoms with Crippen LogP contribution >= 0.6 is 0 Å². The van der Waals surface area contributed by atoms with Crippen molar-refractivity contribution in [3.8, 4) is 0 Å². The number of unbranched alkanes of at least 4 members (excludes halogenated alkanes) is 27. The molecule has 0 aliphatic heterocycles. The molecular weight excluding hydrogens is 961 g/mol. The number of hydrogen-bond acceptors (Lipinski definition) is 6. The number of ether oxygens (including phenoxy) is 3. The van der Waals surface area contributed by atoms with Crippen LogP contribution in [-0.4, -0.2) is 37.2 Å². The lowest BCUT2D eigenvalue weighted by atomic mass is 10.1. The molecule has 0 aromatic rings. The summed E-state index contributed by atoms with van der Waals surface area (Å²) in [5, 5.41) is 0. The van der Waals surface area contributed by atoms with E-state index in [-0.39, 0.29) is 31.1 Å². The third-order valence-electron chi connectivity index (χ3n) is 13.7. The summed E-state index contributed by atoms with van der Waals surface area (Å²) in [5.41, 5.74) is 0. The Morgan fingerprint density at radius 2 is 0.500 bits per heavy atom. The van der Waals surface area contributed by atoms with Crippen molar-refractivity contribution in [1.29, 1.82) is 0 Å². The van der Waals surface area contributed by atoms with Gasteiger partial charge in [-0.2, -0.15) is 0 Å². The van der Waals surface area contributed by atoms with Crippen LogP contribution in [0.1, 0.15) is 297 Å². The van der Waals surface area contributed by atoms with Gasteiger partial charge in [-0.15, -0.1) is 0 Å². The van der Waals surface area contributed by atoms with Crippen molar-refractivity contribution >= 4 is 17.9 Å². The standard InChI is InChI=1S/C72H120O6/c1-4-7-10-13-16-19-22-25-28-30-31-32-33-34-35-36-37-38-39-40-41-42-45-47-50-53-56-59-62-65-71(74)77-68-69(67-76-70(73)64-61-58-55-52-49-46-43-27-24-21-18-15-12-9-6-3)78-72(75)66-63-60-57-54-51-48-44-29-26-23-20-17-14-11-8-5-2/h7,10,16,19-20,23,25,27-29,31-32,34-35,37-38,40-41,43-44,69H,4-6,8-9,11-15,17-18,21-22,24,26,30,33,36,39,42,45-68H2,1-3H3/b10-7-,19-16-,23-20-,28-25-,32-31-,35-34-,38-37-,41-40-,43-27-,44-29-. The number of carbonyl (C=O) groups excluding carboxylic acids is 3. The van der Waals surface area contributed by atoms with Gasteiger partial charge in [0.25, 0.3) is 0 Å². The summed E-state index contributed by atoms with van der Waals surface area (Å²) in [4.78, 5) is 38.3. The molecule has 0 saturated heterocycles. The van der Waals surface area contributed by atoms with E-state index in [2.05, 4.69) is 142 Å². The quantitative estimate of drug-likeness (QED) is 0.0261. The normalized spacial score (nSPS) is 12.9. The molecule has 444 valence electrons. The fraction of sp³-hybridized carbons (Fsp3) is 0.681. The highest BCUT2D eigenvalue weighted by Gasteiger charge is 2.19. The van der Waals surface area contributed by atoms with Crippen LogP contribution in [0.5, 0.6) is 0 Å². The summed E-state index contributed by atoms with van der Waals surface area (Å²) in [6, 6.07) is 0. The minimum atomic E-state index is -0.797. The summed E-state index contributed by atoms with van der Waals surface area (Å²) in [6.07, 6.45) is 90.5. The molecule has 6 heteroatoms. The van der Waals surface area contributed by atoms with E-state index in [1.54, 1.807) is 0 Å². The maximum atomic E-state index is 12.9. The Hall–Kier alpha value is -4.19. The van der Waals surface area contributed by atoms with Gasteiger partial charge in [-0.05, 0) is 135 Å². The molecule has 6 nitrogen and oxygen atoms in total. The van der Waals surface area contributed by atoms with Crippen molar-refractivity contribution in [3.63, 3.8) is 0 Å². The Kier molecular flexibility index (Phi) is 61.8. The molecule has 0 aromatic heterocycles. The summed E-state index contributed by atoms with van der Waals surface area (Å²) in [6.45, 7) is 6.49. The van der Waals surface area contributed by atoms with Gasteiger partial charge in [0.1, 0.15) is 13.2 Å². The predicted octanol–water partition coefficient (Wildman–Crippen LogP) is 22.4. The minimum absolute atomic E-state index is 0.0928. The maximum absolute atomic E-state index is 12.9. The van der Waals surface area contributed by atoms with Crippen LogP contribution in [0.3, 0.4) is 0 Å². The molecule has 0 aliphatic carbocycles. The molecule has 0 fully saturated rings. The maximum Gasteiger partial charge on any atom is 0.306 e. The zero-order valence-corrected chi connectivity index (χ0v) is 50.9. The molecule has 0 amide bonds. The van der Waals surface area contributed by atoms with Crippen LogP contribution in [0, 0.1) is 0 Å². The third-order valence-corrected chi connectivity index (χ3v) is 13.7. The zero-order valence-electron chi connectivity index (χ0n) is 50.9. The summed E-state index contributed by atoms with van der Waals surface area (Å²) in [5.74, 6) is -0.921. The molecule has 0 bridgehead atoms. The van der Waals surface area contributed by atoms with Crippen LogP contribution < -0.4 is 0 Å². The topological polar surface area (TPSA) is 78.9 Å². The van der Waals surface area contributed by atoms with E-state index in [1.807, 2.05) is 0 Å². The smallest absolute Gasteiger partial charge is 0.306 e. The van der Waals surface area contributed by atoms with Gasteiger partial charge in [0.2, 0.25) is 0 Å². The van der Waals surface area contributed by atoms with Crippen LogP contribution in [-0.2, 0) is 28.6 Å². The molecule has 0 saturated carbocycles. The molecule has 1 unspecified atom stereocenters. The molecule has 0 rings (SSSR count). The van der Waals surface area contributed by atoms with E-state index in [1.165, 1.54) is 116 Å². The van der Waals surface area contributed by atoms with Crippen molar-refractivity contribution in [2.24, 2.45) is 0 Å². The van der Waals surface area contributed by atoms with Crippen LogP contribution in [0.25, 0.3) is 0 Å². The Morgan fingerprint density at radius 3 is 0.808 bits per heavy atom. The van der Waals surface area contributed by atoms with Gasteiger partial charge in [-0.1, -0.05) is 264 Å². The van der Waals surface area contributed by atoms with E-state index in [4.69, 9.17) is 14.2 Å². The lowest BCUT2D eigenvalue weighted by Gasteiger charge is -2.18. The molecule has 0 aromatic carbocycles. The first-order chi connectivity index (χ1) is 38.5. The molecular formula is C72H120O6. The Morgan fingerprint density at radius 1 is 0.269 bits per heavy atom. The molecule has 0 heterocycles. The highest BCUT2D eigenvalue weighted by atomic mass is 16.6. The van der Waals surface area contributed by atoms with Gasteiger partial charge in [-0.3, -0.25) is 14.4 Å². The zero-order chi connectivity index (χ0) is 56.4. The molecule has 0 N–H and O–H groups in total.